The Morgan fingerprint density at radius 3 is 2.09 bits per heavy atom. The number of benzene rings is 3. The van der Waals surface area contributed by atoms with Crippen LogP contribution in [0, 0.1) is 5.82 Å². The third-order valence-electron chi connectivity index (χ3n) is 6.10. The number of imidazole rings is 1. The van der Waals surface area contributed by atoms with Crippen LogP contribution in [0.4, 0.5) is 4.39 Å². The van der Waals surface area contributed by atoms with Gasteiger partial charge in [-0.2, -0.15) is 0 Å². The molecule has 1 heterocycles. The first kappa shape index (κ1) is 23.4. The Morgan fingerprint density at radius 1 is 0.882 bits per heavy atom. The zero-order valence-corrected chi connectivity index (χ0v) is 20.0. The lowest BCUT2D eigenvalue weighted by molar-refractivity contribution is 0.0931. The van der Waals surface area contributed by atoms with Gasteiger partial charge in [0.15, 0.2) is 0 Å². The van der Waals surface area contributed by atoms with E-state index in [9.17, 15) is 9.18 Å². The summed E-state index contributed by atoms with van der Waals surface area (Å²) in [5.74, 6) is 0.661. The third-order valence-corrected chi connectivity index (χ3v) is 6.10. The van der Waals surface area contributed by atoms with Crippen molar-refractivity contribution in [3.8, 4) is 22.6 Å². The van der Waals surface area contributed by atoms with Gasteiger partial charge in [-0.15, -0.1) is 0 Å². The van der Waals surface area contributed by atoms with E-state index in [0.717, 1.165) is 22.5 Å². The molecule has 0 aliphatic carbocycles. The average molecular weight is 456 g/mol. The molecule has 1 atom stereocenters. The van der Waals surface area contributed by atoms with Crippen molar-refractivity contribution in [2.75, 3.05) is 0 Å². The van der Waals surface area contributed by atoms with Crippen LogP contribution in [0.5, 0.6) is 0 Å². The van der Waals surface area contributed by atoms with E-state index in [4.69, 9.17) is 4.98 Å². The highest BCUT2D eigenvalue weighted by Crippen LogP contribution is 2.31. The van der Waals surface area contributed by atoms with Gasteiger partial charge in [0, 0.05) is 17.7 Å². The molecule has 5 heteroatoms. The van der Waals surface area contributed by atoms with Crippen LogP contribution in [0.25, 0.3) is 22.6 Å². The number of nitrogens with zero attached hydrogens (tertiary/aromatic N) is 2. The van der Waals surface area contributed by atoms with Gasteiger partial charge in [0.2, 0.25) is 0 Å². The lowest BCUT2D eigenvalue weighted by atomic mass is 10.00. The monoisotopic (exact) mass is 455 g/mol. The summed E-state index contributed by atoms with van der Waals surface area (Å²) >= 11 is 0. The summed E-state index contributed by atoms with van der Waals surface area (Å²) in [5, 5.41) is 3.09. The topological polar surface area (TPSA) is 46.9 Å². The maximum absolute atomic E-state index is 13.6. The van der Waals surface area contributed by atoms with Crippen molar-refractivity contribution >= 4 is 5.91 Å². The number of hydrogen-bond donors (Lipinski definition) is 1. The second kappa shape index (κ2) is 10.0. The highest BCUT2D eigenvalue weighted by molar-refractivity contribution is 5.99. The molecule has 0 spiro atoms. The lowest BCUT2D eigenvalue weighted by Gasteiger charge is -2.16. The van der Waals surface area contributed by atoms with Crippen LogP contribution in [0.3, 0.4) is 0 Å². The van der Waals surface area contributed by atoms with E-state index < -0.39 is 0 Å². The fourth-order valence-electron chi connectivity index (χ4n) is 4.13. The van der Waals surface area contributed by atoms with E-state index in [0.29, 0.717) is 23.9 Å². The van der Waals surface area contributed by atoms with E-state index in [1.54, 1.807) is 12.1 Å². The summed E-state index contributed by atoms with van der Waals surface area (Å²) in [5.41, 5.74) is 5.09. The van der Waals surface area contributed by atoms with Gasteiger partial charge in [0.1, 0.15) is 23.0 Å². The minimum atomic E-state index is -0.300. The van der Waals surface area contributed by atoms with Crippen LogP contribution in [0.1, 0.15) is 61.3 Å². The normalized spacial score (nSPS) is 12.1. The van der Waals surface area contributed by atoms with Crippen molar-refractivity contribution in [3.63, 3.8) is 0 Å². The van der Waals surface area contributed by atoms with Gasteiger partial charge in [-0.05, 0) is 43.0 Å². The molecule has 0 saturated carbocycles. The number of aromatic nitrogens is 2. The Hall–Kier alpha value is -3.73. The van der Waals surface area contributed by atoms with Crippen molar-refractivity contribution in [1.82, 2.24) is 14.9 Å². The molecule has 1 aromatic heterocycles. The largest absolute Gasteiger partial charge is 0.344 e. The van der Waals surface area contributed by atoms with E-state index in [-0.39, 0.29) is 17.8 Å². The van der Waals surface area contributed by atoms with E-state index in [2.05, 4.69) is 31.3 Å². The molecule has 0 bridgehead atoms. The van der Waals surface area contributed by atoms with Crippen LogP contribution < -0.4 is 5.32 Å². The highest BCUT2D eigenvalue weighted by Gasteiger charge is 2.25. The molecule has 4 nitrogen and oxygen atoms in total. The molecule has 3 aromatic carbocycles. The summed E-state index contributed by atoms with van der Waals surface area (Å²) in [6.07, 6.45) is 0. The second-order valence-electron chi connectivity index (χ2n) is 8.77. The quantitative estimate of drug-likeness (QED) is 0.326. The van der Waals surface area contributed by atoms with Gasteiger partial charge < -0.3 is 9.88 Å². The van der Waals surface area contributed by atoms with Gasteiger partial charge in [-0.1, -0.05) is 80.6 Å². The first-order valence-electron chi connectivity index (χ1n) is 11.7. The van der Waals surface area contributed by atoms with Crippen LogP contribution in [0.2, 0.25) is 0 Å². The summed E-state index contributed by atoms with van der Waals surface area (Å²) in [7, 11) is 0. The molecule has 0 radical (unpaired) electrons. The molecular weight excluding hydrogens is 425 g/mol. The van der Waals surface area contributed by atoms with E-state index in [1.165, 1.54) is 17.7 Å². The maximum Gasteiger partial charge on any atom is 0.270 e. The molecular formula is C29H30FN3O. The number of rotatable bonds is 7. The van der Waals surface area contributed by atoms with Crippen molar-refractivity contribution in [2.24, 2.45) is 0 Å². The molecule has 4 aromatic rings. The first-order valence-corrected chi connectivity index (χ1v) is 11.7. The van der Waals surface area contributed by atoms with E-state index >= 15 is 0 Å². The lowest BCUT2D eigenvalue weighted by Crippen LogP contribution is -2.29. The molecule has 4 rings (SSSR count). The molecule has 1 unspecified atom stereocenters. The third kappa shape index (κ3) is 4.79. The van der Waals surface area contributed by atoms with Crippen molar-refractivity contribution in [3.05, 3.63) is 102 Å². The Bertz CT molecular complexity index is 1260. The zero-order chi connectivity index (χ0) is 24.2. The highest BCUT2D eigenvalue weighted by atomic mass is 19.1. The smallest absolute Gasteiger partial charge is 0.270 e. The minimum Gasteiger partial charge on any atom is -0.344 e. The molecule has 0 aliphatic rings. The van der Waals surface area contributed by atoms with Gasteiger partial charge in [0.05, 0.1) is 6.04 Å². The molecule has 34 heavy (non-hydrogen) atoms. The average Bonchev–Trinajstić information content (AvgIpc) is 3.25. The number of carbonyl (C=O) groups excluding carboxylic acids is 1. The maximum atomic E-state index is 13.6. The number of carbonyl (C=O) groups is 1. The van der Waals surface area contributed by atoms with Crippen LogP contribution >= 0.6 is 0 Å². The molecule has 0 fully saturated rings. The second-order valence-corrected chi connectivity index (χ2v) is 8.77. The fourth-order valence-corrected chi connectivity index (χ4v) is 4.13. The summed E-state index contributed by atoms with van der Waals surface area (Å²) in [6, 6.07) is 24.1. The predicted molar refractivity (Wildman–Crippen MR) is 135 cm³/mol. The molecule has 0 saturated heterocycles. The molecule has 1 amide bonds. The van der Waals surface area contributed by atoms with Gasteiger partial charge in [-0.3, -0.25) is 4.79 Å². The number of amides is 1. The van der Waals surface area contributed by atoms with Crippen LogP contribution in [0.15, 0.2) is 78.9 Å². The summed E-state index contributed by atoms with van der Waals surface area (Å²) in [4.78, 5) is 18.6. The van der Waals surface area contributed by atoms with Gasteiger partial charge in [0.25, 0.3) is 5.91 Å². The Morgan fingerprint density at radius 2 is 1.50 bits per heavy atom. The van der Waals surface area contributed by atoms with Crippen molar-refractivity contribution < 1.29 is 9.18 Å². The Balaban J connectivity index is 1.79. The Labute approximate surface area is 200 Å². The first-order chi connectivity index (χ1) is 16.4. The standard InChI is InChI=1S/C29H30FN3O/c1-5-33-27(29(34)31-20(4)22-15-17-25(30)18-16-22)26(23-13-11-21(12-14-23)19(2)3)32-28(33)24-9-7-6-8-10-24/h6-20H,5H2,1-4H3,(H,31,34). The minimum absolute atomic E-state index is 0.212. The number of halogens is 1. The number of nitrogens with one attached hydrogen (secondary N) is 1. The molecule has 1 N–H and O–H groups in total. The Kier molecular flexibility index (Phi) is 6.92. The van der Waals surface area contributed by atoms with Crippen LogP contribution in [-0.4, -0.2) is 15.5 Å². The SMILES string of the molecule is CCn1c(-c2ccccc2)nc(-c2ccc(C(C)C)cc2)c1C(=O)NC(C)c1ccc(F)cc1. The zero-order valence-electron chi connectivity index (χ0n) is 20.0. The van der Waals surface area contributed by atoms with Crippen LogP contribution in [-0.2, 0) is 6.54 Å². The fraction of sp³-hybridized carbons (Fsp3) is 0.241. The van der Waals surface area contributed by atoms with Crippen molar-refractivity contribution in [1.29, 1.82) is 0 Å². The predicted octanol–water partition coefficient (Wildman–Crippen LogP) is 6.99. The van der Waals surface area contributed by atoms with Gasteiger partial charge in [-0.25, -0.2) is 9.37 Å². The summed E-state index contributed by atoms with van der Waals surface area (Å²) < 4.78 is 15.3. The molecule has 174 valence electrons. The summed E-state index contributed by atoms with van der Waals surface area (Å²) in [6.45, 7) is 8.82. The molecule has 0 aliphatic heterocycles. The van der Waals surface area contributed by atoms with E-state index in [1.807, 2.05) is 60.9 Å². The number of hydrogen-bond acceptors (Lipinski definition) is 2. The van der Waals surface area contributed by atoms with Crippen molar-refractivity contribution in [2.45, 2.75) is 46.2 Å². The van der Waals surface area contributed by atoms with Gasteiger partial charge >= 0.3 is 0 Å².